The van der Waals surface area contributed by atoms with E-state index in [0.29, 0.717) is 45.1 Å². The fourth-order valence-corrected chi connectivity index (χ4v) is 3.40. The molecule has 1 aliphatic carbocycles. The van der Waals surface area contributed by atoms with E-state index < -0.39 is 0 Å². The van der Waals surface area contributed by atoms with Gasteiger partial charge in [-0.15, -0.1) is 0 Å². The minimum atomic E-state index is -0.288. The molecule has 0 aromatic heterocycles. The Morgan fingerprint density at radius 3 is 2.52 bits per heavy atom. The molecule has 3 amide bonds. The number of urea groups is 1. The van der Waals surface area contributed by atoms with Crippen LogP contribution in [0.4, 0.5) is 4.79 Å². The van der Waals surface area contributed by atoms with E-state index in [4.69, 9.17) is 4.74 Å². The van der Waals surface area contributed by atoms with Gasteiger partial charge in [0.25, 0.3) is 0 Å². The van der Waals surface area contributed by atoms with Crippen molar-refractivity contribution in [1.82, 2.24) is 15.5 Å². The molecule has 23 heavy (non-hydrogen) atoms. The van der Waals surface area contributed by atoms with Crippen LogP contribution in [0.5, 0.6) is 0 Å². The highest BCUT2D eigenvalue weighted by atomic mass is 16.5. The summed E-state index contributed by atoms with van der Waals surface area (Å²) < 4.78 is 5.60. The smallest absolute Gasteiger partial charge is 0.317 e. The second kappa shape index (κ2) is 8.52. The van der Waals surface area contributed by atoms with Crippen LogP contribution < -0.4 is 10.6 Å². The zero-order valence-electron chi connectivity index (χ0n) is 14.5. The van der Waals surface area contributed by atoms with Gasteiger partial charge >= 0.3 is 6.03 Å². The van der Waals surface area contributed by atoms with Crippen LogP contribution in [-0.2, 0) is 9.53 Å². The van der Waals surface area contributed by atoms with Crippen molar-refractivity contribution < 1.29 is 14.3 Å². The summed E-state index contributed by atoms with van der Waals surface area (Å²) in [6.07, 6.45) is 6.80. The van der Waals surface area contributed by atoms with E-state index >= 15 is 0 Å². The van der Waals surface area contributed by atoms with Crippen molar-refractivity contribution >= 4 is 11.9 Å². The van der Waals surface area contributed by atoms with Crippen LogP contribution in [0.3, 0.4) is 0 Å². The number of rotatable bonds is 5. The molecule has 0 radical (unpaired) electrons. The summed E-state index contributed by atoms with van der Waals surface area (Å²) in [7, 11) is 0. The SMILES string of the molecule is CC1(C)CN(C(=O)NCCNC(=O)CC2CCCCC2)CCO1. The van der Waals surface area contributed by atoms with Crippen molar-refractivity contribution in [2.24, 2.45) is 5.92 Å². The minimum absolute atomic E-state index is 0.0806. The first-order valence-electron chi connectivity index (χ1n) is 8.90. The van der Waals surface area contributed by atoms with Gasteiger partial charge in [0.2, 0.25) is 5.91 Å². The third-order valence-corrected chi connectivity index (χ3v) is 4.64. The Morgan fingerprint density at radius 1 is 1.13 bits per heavy atom. The van der Waals surface area contributed by atoms with Crippen molar-refractivity contribution in [3.8, 4) is 0 Å². The second-order valence-electron chi connectivity index (χ2n) is 7.32. The molecular formula is C17H31N3O3. The summed E-state index contributed by atoms with van der Waals surface area (Å²) in [6, 6.07) is -0.0806. The number of ether oxygens (including phenoxy) is 1. The average molecular weight is 325 g/mol. The monoisotopic (exact) mass is 325 g/mol. The number of hydrogen-bond donors (Lipinski definition) is 2. The third kappa shape index (κ3) is 6.37. The van der Waals surface area contributed by atoms with Gasteiger partial charge in [0.15, 0.2) is 0 Å². The lowest BCUT2D eigenvalue weighted by Crippen LogP contribution is -2.54. The van der Waals surface area contributed by atoms with Gasteiger partial charge in [-0.25, -0.2) is 4.79 Å². The maximum atomic E-state index is 12.1. The fraction of sp³-hybridized carbons (Fsp3) is 0.882. The van der Waals surface area contributed by atoms with Crippen LogP contribution in [0.25, 0.3) is 0 Å². The lowest BCUT2D eigenvalue weighted by atomic mass is 9.87. The highest BCUT2D eigenvalue weighted by Crippen LogP contribution is 2.25. The number of amides is 3. The molecule has 0 aromatic carbocycles. The lowest BCUT2D eigenvalue weighted by Gasteiger charge is -2.38. The molecule has 2 N–H and O–H groups in total. The van der Waals surface area contributed by atoms with E-state index in [1.807, 2.05) is 13.8 Å². The summed E-state index contributed by atoms with van der Waals surface area (Å²) in [5, 5.41) is 5.77. The molecule has 1 saturated carbocycles. The molecule has 2 rings (SSSR count). The summed E-state index contributed by atoms with van der Waals surface area (Å²) in [5.41, 5.74) is -0.288. The molecule has 2 fully saturated rings. The van der Waals surface area contributed by atoms with E-state index in [0.717, 1.165) is 0 Å². The standard InChI is InChI=1S/C17H31N3O3/c1-17(2)13-20(10-11-23-17)16(22)19-9-8-18-15(21)12-14-6-4-3-5-7-14/h14H,3-13H2,1-2H3,(H,18,21)(H,19,22). The van der Waals surface area contributed by atoms with Crippen molar-refractivity contribution in [3.05, 3.63) is 0 Å². The van der Waals surface area contributed by atoms with Gasteiger partial charge in [-0.05, 0) is 32.6 Å². The largest absolute Gasteiger partial charge is 0.372 e. The average Bonchev–Trinajstić information content (AvgIpc) is 2.51. The first-order valence-corrected chi connectivity index (χ1v) is 8.90. The van der Waals surface area contributed by atoms with Gasteiger partial charge in [0, 0.05) is 26.1 Å². The Labute approximate surface area is 139 Å². The topological polar surface area (TPSA) is 70.7 Å². The Hall–Kier alpha value is -1.30. The molecule has 1 saturated heterocycles. The van der Waals surface area contributed by atoms with Crippen molar-refractivity contribution in [3.63, 3.8) is 0 Å². The zero-order chi connectivity index (χ0) is 16.7. The molecule has 0 bridgehead atoms. The van der Waals surface area contributed by atoms with E-state index in [-0.39, 0.29) is 17.5 Å². The number of morpholine rings is 1. The second-order valence-corrected chi connectivity index (χ2v) is 7.32. The number of nitrogens with zero attached hydrogens (tertiary/aromatic N) is 1. The van der Waals surface area contributed by atoms with Crippen LogP contribution in [-0.4, -0.2) is 55.2 Å². The van der Waals surface area contributed by atoms with Gasteiger partial charge in [-0.2, -0.15) is 0 Å². The number of hydrogen-bond acceptors (Lipinski definition) is 3. The Kier molecular flexibility index (Phi) is 6.69. The summed E-state index contributed by atoms with van der Waals surface area (Å²) in [4.78, 5) is 25.8. The Balaban J connectivity index is 1.57. The predicted octanol–water partition coefficient (Wildman–Crippen LogP) is 1.89. The van der Waals surface area contributed by atoms with Gasteiger partial charge < -0.3 is 20.3 Å². The predicted molar refractivity (Wildman–Crippen MR) is 89.2 cm³/mol. The quantitative estimate of drug-likeness (QED) is 0.758. The van der Waals surface area contributed by atoms with E-state index in [1.165, 1.54) is 32.1 Å². The molecule has 132 valence electrons. The number of carbonyl (C=O) groups excluding carboxylic acids is 2. The maximum Gasteiger partial charge on any atom is 0.317 e. The van der Waals surface area contributed by atoms with E-state index in [1.54, 1.807) is 4.90 Å². The van der Waals surface area contributed by atoms with Crippen molar-refractivity contribution in [2.45, 2.75) is 58.0 Å². The molecule has 1 heterocycles. The van der Waals surface area contributed by atoms with Crippen LogP contribution in [0.1, 0.15) is 52.4 Å². The van der Waals surface area contributed by atoms with Crippen molar-refractivity contribution in [2.75, 3.05) is 32.8 Å². The summed E-state index contributed by atoms with van der Waals surface area (Å²) in [5.74, 6) is 0.660. The molecule has 0 atom stereocenters. The van der Waals surface area contributed by atoms with Crippen LogP contribution in [0.2, 0.25) is 0 Å². The highest BCUT2D eigenvalue weighted by molar-refractivity contribution is 5.76. The Bertz CT molecular complexity index is 406. The first kappa shape index (κ1) is 18.0. The first-order chi connectivity index (χ1) is 11.0. The molecule has 1 aliphatic heterocycles. The van der Waals surface area contributed by atoms with Crippen LogP contribution in [0.15, 0.2) is 0 Å². The fourth-order valence-electron chi connectivity index (χ4n) is 3.40. The highest BCUT2D eigenvalue weighted by Gasteiger charge is 2.29. The molecular weight excluding hydrogens is 294 g/mol. The van der Waals surface area contributed by atoms with Crippen LogP contribution in [0, 0.1) is 5.92 Å². The molecule has 0 aromatic rings. The van der Waals surface area contributed by atoms with E-state index in [9.17, 15) is 9.59 Å². The third-order valence-electron chi connectivity index (χ3n) is 4.64. The molecule has 6 nitrogen and oxygen atoms in total. The zero-order valence-corrected chi connectivity index (χ0v) is 14.5. The molecule has 0 unspecified atom stereocenters. The molecule has 0 spiro atoms. The normalized spacial score (nSPS) is 21.7. The minimum Gasteiger partial charge on any atom is -0.372 e. The summed E-state index contributed by atoms with van der Waals surface area (Å²) >= 11 is 0. The van der Waals surface area contributed by atoms with Crippen molar-refractivity contribution in [1.29, 1.82) is 0 Å². The van der Waals surface area contributed by atoms with E-state index in [2.05, 4.69) is 10.6 Å². The number of nitrogens with one attached hydrogen (secondary N) is 2. The van der Waals surface area contributed by atoms with Gasteiger partial charge in [0.05, 0.1) is 18.8 Å². The number of carbonyl (C=O) groups is 2. The molecule has 2 aliphatic rings. The van der Waals surface area contributed by atoms with Crippen LogP contribution >= 0.6 is 0 Å². The van der Waals surface area contributed by atoms with Gasteiger partial charge in [-0.1, -0.05) is 19.3 Å². The lowest BCUT2D eigenvalue weighted by molar-refractivity contribution is -0.122. The molecule has 6 heteroatoms. The van der Waals surface area contributed by atoms with Gasteiger partial charge in [-0.3, -0.25) is 4.79 Å². The van der Waals surface area contributed by atoms with Gasteiger partial charge in [0.1, 0.15) is 0 Å². The maximum absolute atomic E-state index is 12.1. The Morgan fingerprint density at radius 2 is 1.83 bits per heavy atom. The summed E-state index contributed by atoms with van der Waals surface area (Å²) in [6.45, 7) is 6.70.